The molecule has 1 nitrogen and oxygen atoms in total. The topological polar surface area (TPSA) is 3.24 Å². The summed E-state index contributed by atoms with van der Waals surface area (Å²) in [6.07, 6.45) is 0. The van der Waals surface area contributed by atoms with Crippen LogP contribution in [0.2, 0.25) is 0 Å². The monoisotopic (exact) mass is 715 g/mol. The Morgan fingerprint density at radius 2 is 0.857 bits per heavy atom. The van der Waals surface area contributed by atoms with Crippen molar-refractivity contribution in [1.29, 1.82) is 0 Å². The van der Waals surface area contributed by atoms with Crippen molar-refractivity contribution in [3.05, 3.63) is 223 Å². The lowest BCUT2D eigenvalue weighted by molar-refractivity contribution is 0.661. The van der Waals surface area contributed by atoms with E-state index in [0.717, 1.165) is 17.1 Å². The van der Waals surface area contributed by atoms with Gasteiger partial charge in [0.15, 0.2) is 0 Å². The van der Waals surface area contributed by atoms with Crippen LogP contribution in [-0.4, -0.2) is 0 Å². The lowest BCUT2D eigenvalue weighted by atomic mass is 9.80. The first kappa shape index (κ1) is 33.6. The Balaban J connectivity index is 1.14. The van der Waals surface area contributed by atoms with Crippen LogP contribution in [0.1, 0.15) is 25.0 Å². The fraction of sp³-hybridized carbons (Fsp3) is 0.0545. The van der Waals surface area contributed by atoms with Crippen LogP contribution in [0.4, 0.5) is 17.1 Å². The Kier molecular flexibility index (Phi) is 8.23. The van der Waals surface area contributed by atoms with E-state index in [9.17, 15) is 0 Å². The van der Waals surface area contributed by atoms with Gasteiger partial charge in [-0.1, -0.05) is 184 Å². The Bertz CT molecular complexity index is 2850. The predicted molar refractivity (Wildman–Crippen MR) is 238 cm³/mol. The molecule has 1 heteroatoms. The molecular weight excluding hydrogens is 675 g/mol. The molecule has 10 rings (SSSR count). The van der Waals surface area contributed by atoms with Crippen LogP contribution < -0.4 is 4.90 Å². The van der Waals surface area contributed by atoms with Gasteiger partial charge in [-0.05, 0) is 114 Å². The lowest BCUT2D eigenvalue weighted by Gasteiger charge is -2.28. The van der Waals surface area contributed by atoms with Crippen molar-refractivity contribution >= 4 is 27.8 Å². The van der Waals surface area contributed by atoms with Gasteiger partial charge in [0.1, 0.15) is 0 Å². The molecule has 0 aliphatic heterocycles. The maximum absolute atomic E-state index is 2.48. The summed E-state index contributed by atoms with van der Waals surface area (Å²) < 4.78 is 0. The van der Waals surface area contributed by atoms with E-state index in [-0.39, 0.29) is 5.41 Å². The second kappa shape index (κ2) is 13.7. The molecule has 0 unspecified atom stereocenters. The van der Waals surface area contributed by atoms with Crippen LogP contribution in [0, 0.1) is 0 Å². The standard InChI is InChI=1S/C55H41N/c1-55(2)51-30-17-28-45(39-18-6-3-7-19-39)54(51)50-36-48(40-20-8-4-9-21-40)49(37-52(50)55)41-32-34-43(35-33-41)56(42-24-10-5-11-25-42)53-31-15-14-27-47(53)46-29-16-23-38-22-12-13-26-44(38)46/h3-37H,1-2H3. The highest BCUT2D eigenvalue weighted by molar-refractivity contribution is 6.02. The number of para-hydroxylation sites is 2. The molecule has 0 amide bonds. The summed E-state index contributed by atoms with van der Waals surface area (Å²) >= 11 is 0. The lowest BCUT2D eigenvalue weighted by Crippen LogP contribution is -2.15. The molecule has 9 aromatic rings. The van der Waals surface area contributed by atoms with E-state index in [1.165, 1.54) is 77.5 Å². The summed E-state index contributed by atoms with van der Waals surface area (Å²) in [5.41, 5.74) is 18.5. The van der Waals surface area contributed by atoms with Gasteiger partial charge < -0.3 is 4.90 Å². The molecule has 0 radical (unpaired) electrons. The number of rotatable bonds is 7. The number of hydrogen-bond acceptors (Lipinski definition) is 1. The van der Waals surface area contributed by atoms with E-state index < -0.39 is 0 Å². The highest BCUT2D eigenvalue weighted by Gasteiger charge is 2.38. The van der Waals surface area contributed by atoms with Crippen molar-refractivity contribution in [2.45, 2.75) is 19.3 Å². The molecule has 0 fully saturated rings. The number of nitrogens with zero attached hydrogens (tertiary/aromatic N) is 1. The molecule has 0 spiro atoms. The quantitative estimate of drug-likeness (QED) is 0.159. The Labute approximate surface area is 329 Å². The fourth-order valence-electron chi connectivity index (χ4n) is 8.94. The minimum Gasteiger partial charge on any atom is -0.310 e. The van der Waals surface area contributed by atoms with Gasteiger partial charge in [-0.25, -0.2) is 0 Å². The number of fused-ring (bicyclic) bond motifs is 4. The van der Waals surface area contributed by atoms with Crippen LogP contribution >= 0.6 is 0 Å². The van der Waals surface area contributed by atoms with Gasteiger partial charge in [-0.15, -0.1) is 0 Å². The van der Waals surface area contributed by atoms with Gasteiger partial charge in [0, 0.05) is 22.4 Å². The minimum atomic E-state index is -0.158. The van der Waals surface area contributed by atoms with Gasteiger partial charge in [-0.2, -0.15) is 0 Å². The zero-order valence-electron chi connectivity index (χ0n) is 31.7. The highest BCUT2D eigenvalue weighted by Crippen LogP contribution is 2.55. The third-order valence-electron chi connectivity index (χ3n) is 11.7. The zero-order chi connectivity index (χ0) is 37.6. The zero-order valence-corrected chi connectivity index (χ0v) is 31.7. The van der Waals surface area contributed by atoms with E-state index >= 15 is 0 Å². The molecule has 0 atom stereocenters. The Hall–Kier alpha value is -6.96. The van der Waals surface area contributed by atoms with Crippen molar-refractivity contribution in [3.8, 4) is 55.6 Å². The van der Waals surface area contributed by atoms with Crippen molar-refractivity contribution in [3.63, 3.8) is 0 Å². The summed E-state index contributed by atoms with van der Waals surface area (Å²) in [5.74, 6) is 0. The molecule has 1 aliphatic carbocycles. The summed E-state index contributed by atoms with van der Waals surface area (Å²) in [5, 5.41) is 2.48. The van der Waals surface area contributed by atoms with Gasteiger partial charge in [-0.3, -0.25) is 0 Å². The first-order valence-electron chi connectivity index (χ1n) is 19.5. The van der Waals surface area contributed by atoms with E-state index in [2.05, 4.69) is 231 Å². The molecule has 0 N–H and O–H groups in total. The third kappa shape index (κ3) is 5.63. The van der Waals surface area contributed by atoms with Crippen LogP contribution in [0.5, 0.6) is 0 Å². The van der Waals surface area contributed by atoms with Gasteiger partial charge >= 0.3 is 0 Å². The molecule has 56 heavy (non-hydrogen) atoms. The van der Waals surface area contributed by atoms with Gasteiger partial charge in [0.2, 0.25) is 0 Å². The number of benzene rings is 9. The van der Waals surface area contributed by atoms with Crippen molar-refractivity contribution in [2.75, 3.05) is 4.90 Å². The molecule has 0 aromatic heterocycles. The normalized spacial score (nSPS) is 12.6. The molecule has 0 saturated heterocycles. The SMILES string of the molecule is CC1(C)c2cc(-c3ccc(N(c4ccccc4)c4ccccc4-c4cccc5ccccc45)cc3)c(-c3ccccc3)cc2-c2c(-c3ccccc3)cccc21. The number of hydrogen-bond donors (Lipinski definition) is 0. The van der Waals surface area contributed by atoms with E-state index in [1.54, 1.807) is 0 Å². The van der Waals surface area contributed by atoms with Gasteiger partial charge in [0.25, 0.3) is 0 Å². The molecule has 1 aliphatic rings. The largest absolute Gasteiger partial charge is 0.310 e. The van der Waals surface area contributed by atoms with E-state index in [1.807, 2.05) is 0 Å². The molecule has 0 heterocycles. The highest BCUT2D eigenvalue weighted by atomic mass is 15.1. The summed E-state index contributed by atoms with van der Waals surface area (Å²) in [7, 11) is 0. The fourth-order valence-corrected chi connectivity index (χ4v) is 8.94. The van der Waals surface area contributed by atoms with E-state index in [4.69, 9.17) is 0 Å². The summed E-state index contributed by atoms with van der Waals surface area (Å²) in [6, 6.07) is 77.5. The molecule has 9 aromatic carbocycles. The average molecular weight is 716 g/mol. The van der Waals surface area contributed by atoms with Gasteiger partial charge in [0.05, 0.1) is 5.69 Å². The van der Waals surface area contributed by atoms with Crippen LogP contribution in [0.25, 0.3) is 66.4 Å². The molecular formula is C55H41N. The van der Waals surface area contributed by atoms with Crippen LogP contribution in [-0.2, 0) is 5.41 Å². The van der Waals surface area contributed by atoms with Crippen LogP contribution in [0.3, 0.4) is 0 Å². The molecule has 0 saturated carbocycles. The summed E-state index contributed by atoms with van der Waals surface area (Å²) in [4.78, 5) is 2.40. The average Bonchev–Trinajstić information content (AvgIpc) is 3.49. The van der Waals surface area contributed by atoms with Crippen molar-refractivity contribution < 1.29 is 0 Å². The smallest absolute Gasteiger partial charge is 0.0540 e. The minimum absolute atomic E-state index is 0.158. The third-order valence-corrected chi connectivity index (χ3v) is 11.7. The van der Waals surface area contributed by atoms with Crippen molar-refractivity contribution in [2.24, 2.45) is 0 Å². The summed E-state index contributed by atoms with van der Waals surface area (Å²) in [6.45, 7) is 4.76. The maximum Gasteiger partial charge on any atom is 0.0540 e. The second-order valence-electron chi connectivity index (χ2n) is 15.3. The first-order chi connectivity index (χ1) is 27.6. The molecule has 0 bridgehead atoms. The molecule has 266 valence electrons. The maximum atomic E-state index is 2.48. The second-order valence-corrected chi connectivity index (χ2v) is 15.3. The Morgan fingerprint density at radius 3 is 1.61 bits per heavy atom. The number of anilines is 3. The van der Waals surface area contributed by atoms with Crippen molar-refractivity contribution in [1.82, 2.24) is 0 Å². The predicted octanol–water partition coefficient (Wildman–Crippen LogP) is 15.3. The first-order valence-corrected chi connectivity index (χ1v) is 19.5. The van der Waals surface area contributed by atoms with E-state index in [0.29, 0.717) is 0 Å². The Morgan fingerprint density at radius 1 is 0.339 bits per heavy atom. The van der Waals surface area contributed by atoms with Crippen LogP contribution in [0.15, 0.2) is 212 Å².